The number of amides is 3. The van der Waals surface area contributed by atoms with Crippen LogP contribution >= 0.6 is 47.8 Å². The van der Waals surface area contributed by atoms with Gasteiger partial charge in [-0.15, -0.1) is 0 Å². The van der Waals surface area contributed by atoms with Crippen LogP contribution in [0.15, 0.2) is 124 Å². The number of benzene rings is 2. The molecule has 12 aromatic rings. The molecule has 147 heavy (non-hydrogen) atoms. The lowest BCUT2D eigenvalue weighted by atomic mass is 9.90. The van der Waals surface area contributed by atoms with Gasteiger partial charge in [0.25, 0.3) is 0 Å². The predicted octanol–water partition coefficient (Wildman–Crippen LogP) is 18.2. The summed E-state index contributed by atoms with van der Waals surface area (Å²) in [5.74, 6) is 0.789. The number of aromatic nitrogens is 16. The lowest BCUT2D eigenvalue weighted by Gasteiger charge is -2.27. The van der Waals surface area contributed by atoms with E-state index in [2.05, 4.69) is 141 Å². The highest BCUT2D eigenvalue weighted by atomic mass is 79.9. The van der Waals surface area contributed by atoms with Crippen LogP contribution in [0.25, 0.3) is 66.2 Å². The zero-order valence-electron chi connectivity index (χ0n) is 85.5. The lowest BCUT2D eigenvalue weighted by molar-refractivity contribution is -0.139. The quantitative estimate of drug-likeness (QED) is 0.0764. The number of alkyl halides is 1. The second kappa shape index (κ2) is 43.9. The van der Waals surface area contributed by atoms with Gasteiger partial charge in [-0.1, -0.05) is 88.8 Å². The van der Waals surface area contributed by atoms with Gasteiger partial charge in [-0.2, -0.15) is 15.3 Å². The number of piperidine rings is 3. The predicted molar refractivity (Wildman–Crippen MR) is 566 cm³/mol. The molecule has 31 nitrogen and oxygen atoms in total. The molecule has 0 N–H and O–H groups in total. The van der Waals surface area contributed by atoms with Crippen LogP contribution in [0.5, 0.6) is 0 Å². The Bertz CT molecular complexity index is 7120. The fourth-order valence-corrected chi connectivity index (χ4v) is 25.4. The Morgan fingerprint density at radius 3 is 1.23 bits per heavy atom. The molecular formula is C112H128Br3FN22O9. The first kappa shape index (κ1) is 104. The van der Waals surface area contributed by atoms with Crippen LogP contribution in [0.2, 0.25) is 0 Å². The van der Waals surface area contributed by atoms with Crippen molar-refractivity contribution in [3.8, 4) is 33.5 Å². The van der Waals surface area contributed by atoms with Crippen molar-refractivity contribution in [3.05, 3.63) is 203 Å². The largest absolute Gasteiger partial charge is 0.327 e. The summed E-state index contributed by atoms with van der Waals surface area (Å²) in [5, 5.41) is 15.7. The molecule has 9 atom stereocenters. The van der Waals surface area contributed by atoms with Crippen LogP contribution in [0, 0.1) is 43.9 Å². The molecule has 35 heteroatoms. The van der Waals surface area contributed by atoms with Crippen LogP contribution in [0.4, 0.5) is 4.39 Å². The average Bonchev–Trinajstić information content (AvgIpc) is 1.54. The van der Waals surface area contributed by atoms with Gasteiger partial charge in [0.15, 0.2) is 34.7 Å². The molecule has 2 aromatic carbocycles. The Labute approximate surface area is 880 Å². The highest BCUT2D eigenvalue weighted by molar-refractivity contribution is 9.11. The van der Waals surface area contributed by atoms with E-state index in [9.17, 15) is 47.5 Å². The van der Waals surface area contributed by atoms with Crippen molar-refractivity contribution < 1.29 is 47.5 Å². The van der Waals surface area contributed by atoms with E-state index in [1.807, 2.05) is 67.0 Å². The fraction of sp³-hybridized carbons (Fsp3) is 0.500. The minimum Gasteiger partial charge on any atom is -0.327 e. The molecule has 0 radical (unpaired) electrons. The van der Waals surface area contributed by atoms with E-state index in [1.54, 1.807) is 82.8 Å². The number of ketones is 6. The Balaban J connectivity index is 0.000000139. The highest BCUT2D eigenvalue weighted by Crippen LogP contribution is 2.65. The van der Waals surface area contributed by atoms with E-state index in [4.69, 9.17) is 20.1 Å². The number of hydrogen-bond acceptors (Lipinski definition) is 25. The number of likely N-dealkylation sites (tertiary alicyclic amines) is 3. The molecule has 3 aliphatic carbocycles. The van der Waals surface area contributed by atoms with Crippen molar-refractivity contribution in [2.24, 2.45) is 16.2 Å². The van der Waals surface area contributed by atoms with Crippen molar-refractivity contribution in [2.75, 3.05) is 47.3 Å². The number of aryl methyl sites for hydroxylation is 5. The summed E-state index contributed by atoms with van der Waals surface area (Å²) in [5.41, 5.74) is 13.4. The van der Waals surface area contributed by atoms with Crippen molar-refractivity contribution in [1.82, 2.24) is 109 Å². The number of halogens is 4. The highest BCUT2D eigenvalue weighted by Gasteiger charge is 2.69. The zero-order chi connectivity index (χ0) is 103. The summed E-state index contributed by atoms with van der Waals surface area (Å²) < 4.78 is 21.5. The summed E-state index contributed by atoms with van der Waals surface area (Å²) in [6.07, 6.45) is 37.4. The van der Waals surface area contributed by atoms with E-state index in [0.29, 0.717) is 112 Å². The third-order valence-electron chi connectivity index (χ3n) is 32.1. The number of carbonyl (C=O) groups excluding carboxylic acids is 9. The molecule has 6 aliphatic heterocycles. The topological polar surface area (TPSA) is 355 Å². The Kier molecular flexibility index (Phi) is 31.0. The number of hydrogen-bond donors (Lipinski definition) is 0. The molecule has 768 valence electrons. The number of fused-ring (bicyclic) bond motifs is 9. The lowest BCUT2D eigenvalue weighted by Crippen LogP contribution is -2.45. The Morgan fingerprint density at radius 1 is 0.388 bits per heavy atom. The first-order valence-corrected chi connectivity index (χ1v) is 54.5. The summed E-state index contributed by atoms with van der Waals surface area (Å²) in [6, 6.07) is 19.6. The minimum atomic E-state index is -0.817. The van der Waals surface area contributed by atoms with Gasteiger partial charge in [0.05, 0.1) is 82.9 Å². The van der Waals surface area contributed by atoms with Crippen molar-refractivity contribution in [2.45, 2.75) is 297 Å². The number of Topliss-reactive ketones (excluding diaryl/α,β-unsaturated/α-hetero) is 6. The number of pyridine rings is 4. The van der Waals surface area contributed by atoms with Gasteiger partial charge in [-0.05, 0) is 292 Å². The second-order valence-electron chi connectivity index (χ2n) is 42.9. The monoisotopic (exact) mass is 2180 g/mol. The van der Waals surface area contributed by atoms with Gasteiger partial charge in [0.1, 0.15) is 74.7 Å². The normalized spacial score (nSPS) is 23.4. The summed E-state index contributed by atoms with van der Waals surface area (Å²) in [6.45, 7) is 15.9. The van der Waals surface area contributed by atoms with Crippen LogP contribution in [-0.4, -0.2) is 245 Å². The standard InChI is InChI=1S/C38H43BrFN7O3.C38H44BrN7O3.C36H41BrN8O3/c1-23(48)36-29-14-26(28-19-41-24(2)42-20-28)13-27(18-40)37(29)46(44-36)22-35(50)47-31-16-38(17-33(38)47)11-7-5-4-6-8-12-45(3)21-25-9-10-34(39)43-30(25)15-32(31)49;1-23-14-27(28-19-40-25(3)41-20-28)15-29-36(24(2)47)43-45(37(23)29)21-35(49)46-31-17-38(18-33(38)46)22-44(4)13-9-7-5-6-8-10-26-11-12-34(39)42-30(26)16-32(31)48;1-22(46)35-26-13-27(25-17-38-23(2)39-18-25)40-19-30(26)44(42-35)21-34(48)45-29-15-36(16-32(36)45)11-7-5-4-6-8-12-43(3)20-24-9-10-33(37)41-28(24)14-31(29)47/h9-10,13-14,19-20,31,33H,4-8,11-12,15-18,21-22H2,1-3H3;11-12,14-15,19-20,31,33H,5-10,13,16-18,21-22H2,1-4H3;9-10,13,17-19,29,32H,4-8,11-12,14-16,20-21H2,1-3H3/t2*31-,33+,38-;29-,32+,36-/m000/s1. The molecule has 0 unspecified atom stereocenters. The Morgan fingerprint density at radius 2 is 0.762 bits per heavy atom. The molecule has 10 aromatic heterocycles. The number of nitrogens with zero attached hydrogens (tertiary/aromatic N) is 22. The van der Waals surface area contributed by atoms with Gasteiger partial charge < -0.3 is 29.4 Å². The fourth-order valence-electron chi connectivity index (χ4n) is 24.4. The summed E-state index contributed by atoms with van der Waals surface area (Å²) in [7, 11) is 6.40. The van der Waals surface area contributed by atoms with Gasteiger partial charge in [-0.25, -0.2) is 49.2 Å². The molecule has 3 amide bonds. The van der Waals surface area contributed by atoms with Gasteiger partial charge in [0, 0.05) is 140 Å². The zero-order valence-corrected chi connectivity index (χ0v) is 90.3. The maximum atomic E-state index is 14.7. The van der Waals surface area contributed by atoms with Gasteiger partial charge in [-0.3, -0.25) is 62.2 Å². The Hall–Kier alpha value is -11.6. The maximum absolute atomic E-state index is 14.7. The average molecular weight is 2190 g/mol. The SMILES string of the molecule is CC(=O)c1nn(CC(=O)N2[C@H]3C[C@@]4(CCCCCCCN(C)Cc5ccc(Br)nc5CC3=O)C[C@@H]24)c2c(CF)cc(-c3cnc(C)nc3)cc12.CC(=O)c1nn(CC(=O)N2[C@H]3C[C@@]4(CCCCCCCN(C)Cc5ccc(Br)nc5CC3=O)C[C@@H]24)c2cnc(-c3cnc(C)nc3)cc12.CC(=O)c1nn(CC(=O)N2[C@H]3C[C@]4(C[C@@H]24)CN(C)CCCCCCCc2ccc(Br)nc2CC3=O)c2c(C)cc(-c3cnc(C)nc3)cc12. The smallest absolute Gasteiger partial charge is 0.245 e. The van der Waals surface area contributed by atoms with E-state index < -0.39 is 24.8 Å². The van der Waals surface area contributed by atoms with E-state index in [0.717, 1.165) is 178 Å². The van der Waals surface area contributed by atoms with E-state index >= 15 is 0 Å². The van der Waals surface area contributed by atoms with Gasteiger partial charge >= 0.3 is 0 Å². The molecule has 3 spiro atoms. The molecule has 21 rings (SSSR count). The molecule has 3 saturated carbocycles. The number of carbonyl (C=O) groups is 9. The van der Waals surface area contributed by atoms with Crippen LogP contribution < -0.4 is 0 Å². The van der Waals surface area contributed by atoms with Crippen molar-refractivity contribution in [1.29, 1.82) is 0 Å². The first-order chi connectivity index (χ1) is 70.7. The van der Waals surface area contributed by atoms with Crippen LogP contribution in [-0.2, 0) is 93.8 Å². The molecule has 6 fully saturated rings. The van der Waals surface area contributed by atoms with E-state index in [-0.39, 0.29) is 137 Å². The van der Waals surface area contributed by atoms with Crippen LogP contribution in [0.3, 0.4) is 0 Å². The summed E-state index contributed by atoms with van der Waals surface area (Å²) >= 11 is 10.5. The molecule has 9 aliphatic rings. The molecule has 3 saturated heterocycles. The number of rotatable bonds is 13. The van der Waals surface area contributed by atoms with E-state index in [1.165, 1.54) is 76.8 Å². The maximum Gasteiger partial charge on any atom is 0.245 e. The molecule has 16 heterocycles. The first-order valence-electron chi connectivity index (χ1n) is 52.1. The van der Waals surface area contributed by atoms with Gasteiger partial charge in [0.2, 0.25) is 17.7 Å². The van der Waals surface area contributed by atoms with Crippen LogP contribution in [0.1, 0.15) is 262 Å². The third-order valence-corrected chi connectivity index (χ3v) is 33.5. The van der Waals surface area contributed by atoms with Crippen molar-refractivity contribution >= 4 is 133 Å². The van der Waals surface area contributed by atoms with Crippen molar-refractivity contribution in [3.63, 3.8) is 0 Å². The summed E-state index contributed by atoms with van der Waals surface area (Å²) in [4.78, 5) is 182. The minimum absolute atomic E-state index is 0.00497. The second-order valence-corrected chi connectivity index (χ2v) is 45.3. The molecular weight excluding hydrogens is 2060 g/mol. The molecule has 6 bridgehead atoms. The third kappa shape index (κ3) is 22.5.